The van der Waals surface area contributed by atoms with E-state index in [-0.39, 0.29) is 25.3 Å². The molecule has 284 valence electrons. The third kappa shape index (κ3) is 12.8. The molecule has 11 heteroatoms. The molecule has 52 heavy (non-hydrogen) atoms. The zero-order chi connectivity index (χ0) is 37.1. The molecule has 4 rings (SSSR count). The first kappa shape index (κ1) is 40.5. The summed E-state index contributed by atoms with van der Waals surface area (Å²) in [7, 11) is 0. The van der Waals surface area contributed by atoms with E-state index in [2.05, 4.69) is 6.58 Å². The summed E-state index contributed by atoms with van der Waals surface area (Å²) < 4.78 is 39.2. The van der Waals surface area contributed by atoms with Crippen LogP contribution in [0, 0.1) is 0 Å². The Bertz CT molecular complexity index is 1380. The molecule has 1 heterocycles. The van der Waals surface area contributed by atoms with Gasteiger partial charge >= 0.3 is 23.9 Å². The van der Waals surface area contributed by atoms with Crippen LogP contribution in [0.2, 0.25) is 0 Å². The molecule has 0 amide bonds. The molecule has 2 atom stereocenters. The molecular formula is C41H54O11. The fourth-order valence-corrected chi connectivity index (χ4v) is 6.08. The summed E-state index contributed by atoms with van der Waals surface area (Å²) in [5, 5.41) is 0. The summed E-state index contributed by atoms with van der Waals surface area (Å²) >= 11 is 0. The van der Waals surface area contributed by atoms with E-state index in [1.165, 1.54) is 0 Å². The lowest BCUT2D eigenvalue weighted by Crippen LogP contribution is -2.39. The lowest BCUT2D eigenvalue weighted by Gasteiger charge is -2.28. The van der Waals surface area contributed by atoms with Gasteiger partial charge in [-0.2, -0.15) is 0 Å². The summed E-state index contributed by atoms with van der Waals surface area (Å²) in [5.41, 5.74) is 2.34. The van der Waals surface area contributed by atoms with Crippen LogP contribution in [0.3, 0.4) is 0 Å². The highest BCUT2D eigenvalue weighted by atomic mass is 16.8. The van der Waals surface area contributed by atoms with Gasteiger partial charge < -0.3 is 33.2 Å². The van der Waals surface area contributed by atoms with Gasteiger partial charge in [0.15, 0.2) is 18.5 Å². The topological polar surface area (TPSA) is 133 Å². The predicted molar refractivity (Wildman–Crippen MR) is 193 cm³/mol. The van der Waals surface area contributed by atoms with Gasteiger partial charge in [0, 0.05) is 11.6 Å². The van der Waals surface area contributed by atoms with Crippen LogP contribution in [0.25, 0.3) is 0 Å². The number of esters is 4. The van der Waals surface area contributed by atoms with Crippen molar-refractivity contribution in [3.05, 3.63) is 77.9 Å². The van der Waals surface area contributed by atoms with E-state index in [1.807, 2.05) is 38.1 Å². The molecular weight excluding hydrogens is 668 g/mol. The summed E-state index contributed by atoms with van der Waals surface area (Å²) in [6.07, 6.45) is 7.73. The van der Waals surface area contributed by atoms with E-state index in [0.717, 1.165) is 75.8 Å². The van der Waals surface area contributed by atoms with Crippen molar-refractivity contribution in [3.63, 3.8) is 0 Å². The van der Waals surface area contributed by atoms with Crippen LogP contribution in [0.5, 0.6) is 5.75 Å². The molecule has 0 radical (unpaired) electrons. The molecule has 0 aromatic heterocycles. The van der Waals surface area contributed by atoms with Crippen LogP contribution >= 0.6 is 0 Å². The molecule has 0 N–H and O–H groups in total. The first-order chi connectivity index (χ1) is 25.3. The van der Waals surface area contributed by atoms with Crippen molar-refractivity contribution in [2.45, 2.75) is 121 Å². The highest BCUT2D eigenvalue weighted by Crippen LogP contribution is 2.37. The number of hydrogen-bond acceptors (Lipinski definition) is 11. The van der Waals surface area contributed by atoms with Crippen molar-refractivity contribution < 1.29 is 52.3 Å². The van der Waals surface area contributed by atoms with Crippen molar-refractivity contribution in [1.82, 2.24) is 0 Å². The average molecular weight is 723 g/mol. The van der Waals surface area contributed by atoms with Crippen LogP contribution in [0.15, 0.2) is 61.2 Å². The average Bonchev–Trinajstić information content (AvgIpc) is 3.62. The van der Waals surface area contributed by atoms with E-state index in [0.29, 0.717) is 48.8 Å². The minimum atomic E-state index is -1.20. The van der Waals surface area contributed by atoms with Crippen molar-refractivity contribution in [1.29, 1.82) is 0 Å². The number of hydrogen-bond donors (Lipinski definition) is 0. The van der Waals surface area contributed by atoms with E-state index < -0.39 is 36.4 Å². The SMILES string of the molecule is C=CC(=O)OCCCCCCOc1ccc(C(=O)OC2CCC(c3ccc(C4O[C@@H](C(=O)OCCCC)[C@H](C(=O)OCCCC)O4)cc3)CC2)cc1. The van der Waals surface area contributed by atoms with Gasteiger partial charge in [-0.3, -0.25) is 0 Å². The normalized spacial score (nSPS) is 20.1. The van der Waals surface area contributed by atoms with Gasteiger partial charge in [-0.1, -0.05) is 57.5 Å². The second-order valence-electron chi connectivity index (χ2n) is 13.2. The number of carbonyl (C=O) groups excluding carboxylic acids is 4. The third-order valence-corrected chi connectivity index (χ3v) is 9.20. The minimum absolute atomic E-state index is 0.150. The number of unbranched alkanes of at least 4 members (excludes halogenated alkanes) is 5. The van der Waals surface area contributed by atoms with E-state index >= 15 is 0 Å². The number of benzene rings is 2. The lowest BCUT2D eigenvalue weighted by molar-refractivity contribution is -0.163. The van der Waals surface area contributed by atoms with Crippen molar-refractivity contribution in [2.75, 3.05) is 26.4 Å². The van der Waals surface area contributed by atoms with Gasteiger partial charge in [-0.15, -0.1) is 0 Å². The zero-order valence-electron chi connectivity index (χ0n) is 30.6. The quantitative estimate of drug-likeness (QED) is 0.0543. The van der Waals surface area contributed by atoms with Crippen LogP contribution < -0.4 is 4.74 Å². The maximum Gasteiger partial charge on any atom is 0.338 e. The monoisotopic (exact) mass is 722 g/mol. The molecule has 1 saturated heterocycles. The molecule has 1 saturated carbocycles. The van der Waals surface area contributed by atoms with E-state index in [9.17, 15) is 19.2 Å². The van der Waals surface area contributed by atoms with Crippen molar-refractivity contribution in [2.24, 2.45) is 0 Å². The Morgan fingerprint density at radius 1 is 0.673 bits per heavy atom. The molecule has 1 aliphatic heterocycles. The summed E-state index contributed by atoms with van der Waals surface area (Å²) in [5.74, 6) is -0.988. The van der Waals surface area contributed by atoms with Gasteiger partial charge in [0.2, 0.25) is 0 Å². The smallest absolute Gasteiger partial charge is 0.338 e. The third-order valence-electron chi connectivity index (χ3n) is 9.20. The van der Waals surface area contributed by atoms with Crippen molar-refractivity contribution in [3.8, 4) is 5.75 Å². The Morgan fingerprint density at radius 2 is 1.21 bits per heavy atom. The minimum Gasteiger partial charge on any atom is -0.494 e. The van der Waals surface area contributed by atoms with Crippen molar-refractivity contribution >= 4 is 23.9 Å². The van der Waals surface area contributed by atoms with E-state index in [1.54, 1.807) is 24.3 Å². The Labute approximate surface area is 307 Å². The first-order valence-corrected chi connectivity index (χ1v) is 18.8. The fourth-order valence-electron chi connectivity index (χ4n) is 6.08. The first-order valence-electron chi connectivity index (χ1n) is 18.8. The van der Waals surface area contributed by atoms with Crippen LogP contribution in [-0.4, -0.2) is 68.6 Å². The maximum absolute atomic E-state index is 12.9. The lowest BCUT2D eigenvalue weighted by atomic mass is 9.82. The predicted octanol–water partition coefficient (Wildman–Crippen LogP) is 7.71. The largest absolute Gasteiger partial charge is 0.494 e. The molecule has 2 aromatic carbocycles. The highest BCUT2D eigenvalue weighted by molar-refractivity contribution is 5.89. The Kier molecular flexibility index (Phi) is 17.1. The zero-order valence-corrected chi connectivity index (χ0v) is 30.6. The summed E-state index contributed by atoms with van der Waals surface area (Å²) in [6, 6.07) is 14.9. The summed E-state index contributed by atoms with van der Waals surface area (Å²) in [6.45, 7) is 8.83. The van der Waals surface area contributed by atoms with Crippen LogP contribution in [0.1, 0.15) is 125 Å². The van der Waals surface area contributed by atoms with Gasteiger partial charge in [0.25, 0.3) is 0 Å². The molecule has 0 unspecified atom stereocenters. The van der Waals surface area contributed by atoms with Gasteiger partial charge in [0.1, 0.15) is 11.9 Å². The number of ether oxygens (including phenoxy) is 7. The van der Waals surface area contributed by atoms with Gasteiger partial charge in [-0.25, -0.2) is 19.2 Å². The fraction of sp³-hybridized carbons (Fsp3) is 0.561. The van der Waals surface area contributed by atoms with Crippen LogP contribution in [-0.2, 0) is 42.8 Å². The molecule has 0 spiro atoms. The Hall–Kier alpha value is -4.22. The molecule has 2 fully saturated rings. The molecule has 1 aliphatic carbocycles. The molecule has 0 bridgehead atoms. The van der Waals surface area contributed by atoms with Crippen LogP contribution in [0.4, 0.5) is 0 Å². The van der Waals surface area contributed by atoms with E-state index in [4.69, 9.17) is 33.2 Å². The maximum atomic E-state index is 12.9. The molecule has 2 aliphatic rings. The Morgan fingerprint density at radius 3 is 1.77 bits per heavy atom. The summed E-state index contributed by atoms with van der Waals surface area (Å²) in [4.78, 5) is 49.5. The second kappa shape index (κ2) is 22.0. The molecule has 2 aromatic rings. The van der Waals surface area contributed by atoms with Gasteiger partial charge in [0.05, 0.1) is 32.0 Å². The number of carbonyl (C=O) groups is 4. The molecule has 11 nitrogen and oxygen atoms in total. The Balaban J connectivity index is 1.19. The highest BCUT2D eigenvalue weighted by Gasteiger charge is 2.47. The second-order valence-corrected chi connectivity index (χ2v) is 13.2. The number of rotatable bonds is 21. The van der Waals surface area contributed by atoms with Gasteiger partial charge in [-0.05, 0) is 100.0 Å². The standard InChI is InChI=1S/C41H54O11/c1-4-7-25-48-39(44)36-37(40(45)49-26-8-5-2)52-41(51-36)32-15-13-29(14-16-32)30-17-23-34(24-18-30)50-38(43)31-19-21-33(22-20-31)46-27-11-9-10-12-28-47-35(42)6-3/h6,13-16,19-22,30,34,36-37,41H,3-5,7-12,17-18,23-28H2,1-2H3/t30?,34?,36-,37-/m1/s1.